The van der Waals surface area contributed by atoms with Crippen LogP contribution in [0.3, 0.4) is 0 Å². The molecule has 1 aliphatic rings. The number of fused-ring (bicyclic) bond motifs is 1. The molecule has 5 heteroatoms. The number of carbonyl (C=O) groups excluding carboxylic acids is 1. The van der Waals surface area contributed by atoms with E-state index in [0.29, 0.717) is 0 Å². The van der Waals surface area contributed by atoms with E-state index in [0.717, 1.165) is 17.7 Å². The predicted molar refractivity (Wildman–Crippen MR) is 75.2 cm³/mol. The molecule has 0 aromatic heterocycles. The van der Waals surface area contributed by atoms with Crippen molar-refractivity contribution in [1.29, 1.82) is 0 Å². The molecule has 1 heterocycles. The fraction of sp³-hybridized carbons (Fsp3) is 0.429. The molecule has 0 spiro atoms. The maximum atomic E-state index is 12.2. The summed E-state index contributed by atoms with van der Waals surface area (Å²) in [5, 5.41) is 11.3. The molecule has 1 aromatic rings. The van der Waals surface area contributed by atoms with Crippen molar-refractivity contribution < 1.29 is 14.7 Å². The Morgan fingerprint density at radius 2 is 2.21 bits per heavy atom. The molecule has 1 aromatic carbocycles. The lowest BCUT2D eigenvalue weighted by Gasteiger charge is -2.24. The van der Waals surface area contributed by atoms with Crippen molar-refractivity contribution in [1.82, 2.24) is 5.32 Å². The van der Waals surface area contributed by atoms with Crippen LogP contribution in [0.2, 0.25) is 0 Å². The molecular formula is C14H17NO3S. The first-order valence-electron chi connectivity index (χ1n) is 6.29. The topological polar surface area (TPSA) is 66.4 Å². The lowest BCUT2D eigenvalue weighted by Crippen LogP contribution is -2.35. The minimum absolute atomic E-state index is 0.0924. The first-order valence-corrected chi connectivity index (χ1v) is 7.34. The Balaban J connectivity index is 2.03. The van der Waals surface area contributed by atoms with Crippen molar-refractivity contribution in [2.75, 3.05) is 12.3 Å². The Hall–Kier alpha value is -1.49. The third-order valence-electron chi connectivity index (χ3n) is 3.24. The van der Waals surface area contributed by atoms with E-state index in [1.54, 1.807) is 18.7 Å². The number of hydrogen-bond acceptors (Lipinski definition) is 3. The summed E-state index contributed by atoms with van der Waals surface area (Å²) < 4.78 is 0. The minimum Gasteiger partial charge on any atom is -0.481 e. The summed E-state index contributed by atoms with van der Waals surface area (Å²) in [6.45, 7) is 1.76. The maximum absolute atomic E-state index is 12.2. The molecule has 0 saturated heterocycles. The van der Waals surface area contributed by atoms with Crippen LogP contribution in [0.4, 0.5) is 0 Å². The highest BCUT2D eigenvalue weighted by atomic mass is 32.2. The number of nitrogens with one attached hydrogen (secondary N) is 1. The lowest BCUT2D eigenvalue weighted by atomic mass is 10.0. The SMILES string of the molecule is CC(CNC(=O)C1SCCc2ccccc21)C(=O)O. The average Bonchev–Trinajstić information content (AvgIpc) is 2.43. The Morgan fingerprint density at radius 3 is 2.95 bits per heavy atom. The first-order chi connectivity index (χ1) is 9.09. The molecule has 2 atom stereocenters. The van der Waals surface area contributed by atoms with Crippen molar-refractivity contribution in [2.24, 2.45) is 5.92 Å². The van der Waals surface area contributed by atoms with Gasteiger partial charge in [0.15, 0.2) is 0 Å². The molecule has 0 fully saturated rings. The Labute approximate surface area is 116 Å². The molecule has 1 aliphatic heterocycles. The molecule has 2 rings (SSSR count). The van der Waals surface area contributed by atoms with Crippen LogP contribution in [0.25, 0.3) is 0 Å². The number of thioether (sulfide) groups is 1. The van der Waals surface area contributed by atoms with E-state index in [9.17, 15) is 9.59 Å². The second-order valence-corrected chi connectivity index (χ2v) is 5.90. The van der Waals surface area contributed by atoms with Crippen molar-refractivity contribution in [3.63, 3.8) is 0 Å². The average molecular weight is 279 g/mol. The monoisotopic (exact) mass is 279 g/mol. The van der Waals surface area contributed by atoms with Gasteiger partial charge in [-0.1, -0.05) is 31.2 Å². The van der Waals surface area contributed by atoms with Crippen molar-refractivity contribution in [3.05, 3.63) is 35.4 Å². The Morgan fingerprint density at radius 1 is 1.47 bits per heavy atom. The zero-order chi connectivity index (χ0) is 13.8. The minimum atomic E-state index is -0.892. The highest BCUT2D eigenvalue weighted by Crippen LogP contribution is 2.36. The molecule has 0 saturated carbocycles. The number of carboxylic acid groups (broad SMARTS) is 1. The second kappa shape index (κ2) is 6.10. The normalized spacial score (nSPS) is 19.3. The third kappa shape index (κ3) is 3.29. The van der Waals surface area contributed by atoms with Crippen LogP contribution in [0, 0.1) is 5.92 Å². The molecule has 102 valence electrons. The summed E-state index contributed by atoms with van der Waals surface area (Å²) in [6.07, 6.45) is 0.982. The molecule has 2 unspecified atom stereocenters. The molecule has 0 bridgehead atoms. The number of aryl methyl sites for hydroxylation is 1. The predicted octanol–water partition coefficient (Wildman–Crippen LogP) is 1.85. The van der Waals surface area contributed by atoms with E-state index >= 15 is 0 Å². The second-order valence-electron chi connectivity index (χ2n) is 4.68. The zero-order valence-electron chi connectivity index (χ0n) is 10.8. The zero-order valence-corrected chi connectivity index (χ0v) is 11.6. The van der Waals surface area contributed by atoms with Crippen LogP contribution in [0.1, 0.15) is 23.3 Å². The summed E-state index contributed by atoms with van der Waals surface area (Å²) in [5.74, 6) is -0.626. The highest BCUT2D eigenvalue weighted by molar-refractivity contribution is 8.00. The van der Waals surface area contributed by atoms with Crippen LogP contribution in [0.15, 0.2) is 24.3 Å². The molecule has 1 amide bonds. The van der Waals surface area contributed by atoms with Gasteiger partial charge in [0, 0.05) is 6.54 Å². The molecule has 2 N–H and O–H groups in total. The van der Waals surface area contributed by atoms with Gasteiger partial charge in [0.1, 0.15) is 5.25 Å². The van der Waals surface area contributed by atoms with Gasteiger partial charge in [-0.3, -0.25) is 9.59 Å². The van der Waals surface area contributed by atoms with E-state index in [-0.39, 0.29) is 17.7 Å². The van der Waals surface area contributed by atoms with Crippen LogP contribution in [0.5, 0.6) is 0 Å². The first kappa shape index (κ1) is 13.9. The number of benzene rings is 1. The number of amides is 1. The van der Waals surface area contributed by atoms with Gasteiger partial charge in [0.05, 0.1) is 5.92 Å². The van der Waals surface area contributed by atoms with Crippen LogP contribution in [-0.4, -0.2) is 29.3 Å². The van der Waals surface area contributed by atoms with Gasteiger partial charge in [-0.15, -0.1) is 11.8 Å². The number of aliphatic carboxylic acids is 1. The molecule has 4 nitrogen and oxygen atoms in total. The molecular weight excluding hydrogens is 262 g/mol. The van der Waals surface area contributed by atoms with Crippen LogP contribution >= 0.6 is 11.8 Å². The van der Waals surface area contributed by atoms with Crippen LogP contribution < -0.4 is 5.32 Å². The van der Waals surface area contributed by atoms with Crippen LogP contribution in [-0.2, 0) is 16.0 Å². The highest BCUT2D eigenvalue weighted by Gasteiger charge is 2.27. The Kier molecular flexibility index (Phi) is 4.47. The van der Waals surface area contributed by atoms with Gasteiger partial charge >= 0.3 is 5.97 Å². The van der Waals surface area contributed by atoms with Gasteiger partial charge in [0.25, 0.3) is 0 Å². The van der Waals surface area contributed by atoms with Crippen molar-refractivity contribution >= 4 is 23.6 Å². The van der Waals surface area contributed by atoms with Crippen molar-refractivity contribution in [3.8, 4) is 0 Å². The number of hydrogen-bond donors (Lipinski definition) is 2. The van der Waals surface area contributed by atoms with E-state index < -0.39 is 11.9 Å². The number of rotatable bonds is 4. The summed E-state index contributed by atoms with van der Waals surface area (Å²) in [7, 11) is 0. The van der Waals surface area contributed by atoms with Crippen molar-refractivity contribution in [2.45, 2.75) is 18.6 Å². The smallest absolute Gasteiger partial charge is 0.308 e. The van der Waals surface area contributed by atoms with E-state index in [1.807, 2.05) is 18.2 Å². The van der Waals surface area contributed by atoms with Gasteiger partial charge in [0.2, 0.25) is 5.91 Å². The molecule has 19 heavy (non-hydrogen) atoms. The fourth-order valence-electron chi connectivity index (χ4n) is 2.04. The number of carboxylic acids is 1. The summed E-state index contributed by atoms with van der Waals surface area (Å²) in [5.41, 5.74) is 2.27. The number of carbonyl (C=O) groups is 2. The fourth-order valence-corrected chi connectivity index (χ4v) is 3.26. The summed E-state index contributed by atoms with van der Waals surface area (Å²) in [4.78, 5) is 22.9. The van der Waals surface area contributed by atoms with Gasteiger partial charge in [-0.2, -0.15) is 0 Å². The van der Waals surface area contributed by atoms with E-state index in [4.69, 9.17) is 5.11 Å². The Bertz CT molecular complexity index is 489. The van der Waals surface area contributed by atoms with Gasteiger partial charge in [-0.05, 0) is 23.3 Å². The molecule has 0 radical (unpaired) electrons. The van der Waals surface area contributed by atoms with Gasteiger partial charge in [-0.25, -0.2) is 0 Å². The summed E-state index contributed by atoms with van der Waals surface area (Å²) >= 11 is 1.61. The standard InChI is InChI=1S/C14H17NO3S/c1-9(14(17)18)8-15-13(16)12-11-5-3-2-4-10(11)6-7-19-12/h2-5,9,12H,6-8H2,1H3,(H,15,16)(H,17,18). The van der Waals surface area contributed by atoms with Gasteiger partial charge < -0.3 is 10.4 Å². The quantitative estimate of drug-likeness (QED) is 0.883. The summed E-state index contributed by atoms with van der Waals surface area (Å²) in [6, 6.07) is 7.95. The third-order valence-corrected chi connectivity index (χ3v) is 4.48. The largest absolute Gasteiger partial charge is 0.481 e. The van der Waals surface area contributed by atoms with E-state index in [1.165, 1.54) is 5.56 Å². The lowest BCUT2D eigenvalue weighted by molar-refractivity contribution is -0.141. The molecule has 0 aliphatic carbocycles. The maximum Gasteiger partial charge on any atom is 0.308 e. The van der Waals surface area contributed by atoms with E-state index in [2.05, 4.69) is 11.4 Å².